The largest absolute Gasteiger partial charge is 0.507 e. The summed E-state index contributed by atoms with van der Waals surface area (Å²) in [5, 5.41) is 72.7. The molecule has 0 spiro atoms. The molecule has 1 aromatic rings. The lowest BCUT2D eigenvalue weighted by Gasteiger charge is -2.33. The van der Waals surface area contributed by atoms with Crippen LogP contribution in [-0.2, 0) is 54.6 Å². The number of likely N-dealkylation sites (tertiary alicyclic amines) is 1. The smallest absolute Gasteiger partial charge is 0.328 e. The van der Waals surface area contributed by atoms with Gasteiger partial charge in [0.15, 0.2) is 18.0 Å². The van der Waals surface area contributed by atoms with Gasteiger partial charge in [-0.25, -0.2) is 9.79 Å². The van der Waals surface area contributed by atoms with Crippen molar-refractivity contribution in [2.45, 2.75) is 128 Å². The minimum atomic E-state index is -1.84. The number of nitrogens with two attached hydrogens (primary N) is 4. The molecule has 0 aliphatic carbocycles. The number of aliphatic hydroxyl groups is 2. The maximum absolute atomic E-state index is 14.1. The molecule has 8 amide bonds. The van der Waals surface area contributed by atoms with Crippen LogP contribution in [0.1, 0.15) is 89.8 Å². The van der Waals surface area contributed by atoms with E-state index in [2.05, 4.69) is 36.9 Å². The van der Waals surface area contributed by atoms with Crippen LogP contribution in [-0.4, -0.2) is 163 Å². The molecular formula is C41H64N12O16. The number of nitrogens with zero attached hydrogens (tertiary/aromatic N) is 2. The Kier molecular flexibility index (Phi) is 22.0. The number of aliphatic carboxylic acids is 2. The van der Waals surface area contributed by atoms with Gasteiger partial charge < -0.3 is 90.4 Å². The molecule has 1 aliphatic heterocycles. The standard InChI is InChI=1S/C41H64N12O16/c1-18(55)30(39(68)69)50-36(65)24-9-7-11-53(24)28(59)16-46-33(62)23(15-29(60)61)48-34(63)21(8-5-6-10-42)47-38(67)32(41(2,3)4)52-35(64)22(14-27(43)58)49-37(66)31(51-40(44)45)19-12-25(56)20(17-54)26(57)13-19/h12-13,18,21-24,30-32,54-57H,5-11,14-17,42H2,1-4H3,(H2,43,58)(H,46,62)(H,47,67)(H,48,63)(H,49,66)(H,50,65)(H,52,64)(H,60,61)(H,68,69)(H4,44,45,51)/t18-,21+,22+,23+,24+,30+,31+,32-/m1/s1. The van der Waals surface area contributed by atoms with E-state index in [9.17, 15) is 78.6 Å². The van der Waals surface area contributed by atoms with Gasteiger partial charge in [0, 0.05) is 6.54 Å². The average Bonchev–Trinajstić information content (AvgIpc) is 3.74. The van der Waals surface area contributed by atoms with Crippen LogP contribution in [0.25, 0.3) is 0 Å². The van der Waals surface area contributed by atoms with Crippen molar-refractivity contribution in [3.05, 3.63) is 23.3 Å². The first-order chi connectivity index (χ1) is 32.1. The number of aliphatic imine (C=N–C) groups is 1. The van der Waals surface area contributed by atoms with E-state index in [-0.39, 0.29) is 43.5 Å². The lowest BCUT2D eigenvalue weighted by molar-refractivity contribution is -0.146. The van der Waals surface area contributed by atoms with Crippen LogP contribution in [0.4, 0.5) is 0 Å². The number of carbonyl (C=O) groups excluding carboxylic acids is 8. The van der Waals surface area contributed by atoms with Crippen LogP contribution in [0.3, 0.4) is 0 Å². The fraction of sp³-hybridized carbons (Fsp3) is 0.585. The number of carbonyl (C=O) groups is 10. The molecule has 1 aromatic carbocycles. The molecule has 28 heteroatoms. The Hall–Kier alpha value is -7.33. The minimum absolute atomic E-state index is 0.0366. The van der Waals surface area contributed by atoms with E-state index in [1.807, 2.05) is 0 Å². The highest BCUT2D eigenvalue weighted by Gasteiger charge is 2.40. The number of hydrogen-bond acceptors (Lipinski definition) is 16. The van der Waals surface area contributed by atoms with Crippen LogP contribution in [0, 0.1) is 5.41 Å². The van der Waals surface area contributed by atoms with E-state index in [0.717, 1.165) is 24.0 Å². The number of hydrogen-bond donors (Lipinski definition) is 16. The first-order valence-electron chi connectivity index (χ1n) is 21.6. The number of primary amides is 1. The zero-order valence-corrected chi connectivity index (χ0v) is 38.5. The Bertz CT molecular complexity index is 2090. The zero-order valence-electron chi connectivity index (χ0n) is 38.5. The molecule has 0 aromatic heterocycles. The summed E-state index contributed by atoms with van der Waals surface area (Å²) in [4.78, 5) is 135. The summed E-state index contributed by atoms with van der Waals surface area (Å²) in [7, 11) is 0. The lowest BCUT2D eigenvalue weighted by atomic mass is 9.85. The molecule has 28 nitrogen and oxygen atoms in total. The third-order valence-corrected chi connectivity index (χ3v) is 10.6. The van der Waals surface area contributed by atoms with Crippen molar-refractivity contribution in [3.8, 4) is 11.5 Å². The van der Waals surface area contributed by atoms with Crippen LogP contribution >= 0.6 is 0 Å². The molecule has 384 valence electrons. The number of aliphatic hydroxyl groups excluding tert-OH is 2. The van der Waals surface area contributed by atoms with Gasteiger partial charge in [0.1, 0.15) is 41.7 Å². The summed E-state index contributed by atoms with van der Waals surface area (Å²) < 4.78 is 0. The van der Waals surface area contributed by atoms with Gasteiger partial charge in [-0.2, -0.15) is 0 Å². The molecule has 0 radical (unpaired) electrons. The second kappa shape index (κ2) is 26.3. The number of nitrogens with one attached hydrogen (secondary N) is 6. The molecule has 0 saturated carbocycles. The maximum atomic E-state index is 14.1. The predicted molar refractivity (Wildman–Crippen MR) is 239 cm³/mol. The quantitative estimate of drug-likeness (QED) is 0.0234. The summed E-state index contributed by atoms with van der Waals surface area (Å²) in [5.74, 6) is -13.3. The molecule has 8 atom stereocenters. The Morgan fingerprint density at radius 3 is 1.87 bits per heavy atom. The molecule has 20 N–H and O–H groups in total. The highest BCUT2D eigenvalue weighted by Crippen LogP contribution is 2.33. The highest BCUT2D eigenvalue weighted by molar-refractivity contribution is 5.99. The molecule has 0 unspecified atom stereocenters. The van der Waals surface area contributed by atoms with E-state index in [1.165, 1.54) is 20.8 Å². The summed E-state index contributed by atoms with van der Waals surface area (Å²) in [6, 6.07) is -9.40. The van der Waals surface area contributed by atoms with Crippen molar-refractivity contribution in [1.82, 2.24) is 36.8 Å². The number of phenols is 2. The normalized spacial score (nSPS) is 16.4. The number of benzene rings is 1. The SMILES string of the molecule is C[C@@H](O)[C@H](NC(=O)[C@@H]1CCCN1C(=O)CNC(=O)[C@H](CC(=O)O)NC(=O)[C@H](CCCCN)NC(=O)[C@@H](NC(=O)[C@H](CC(N)=O)NC(=O)[C@@H](N=C(N)N)c1cc(O)c(CO)c(O)c1)C(C)(C)C)C(=O)O. The van der Waals surface area contributed by atoms with Gasteiger partial charge >= 0.3 is 11.9 Å². The zero-order chi connectivity index (χ0) is 52.5. The summed E-state index contributed by atoms with van der Waals surface area (Å²) in [6.07, 6.45) is -2.46. The average molecular weight is 981 g/mol. The van der Waals surface area contributed by atoms with Gasteiger partial charge in [0.25, 0.3) is 0 Å². The van der Waals surface area contributed by atoms with Crippen LogP contribution in [0.5, 0.6) is 11.5 Å². The minimum Gasteiger partial charge on any atom is -0.507 e. The van der Waals surface area contributed by atoms with Crippen molar-refractivity contribution in [2.75, 3.05) is 19.6 Å². The topological polar surface area (TPSA) is 484 Å². The number of guanidine groups is 1. The first kappa shape index (κ1) is 57.8. The first-order valence-corrected chi connectivity index (χ1v) is 21.6. The van der Waals surface area contributed by atoms with Crippen LogP contribution < -0.4 is 54.8 Å². The monoisotopic (exact) mass is 980 g/mol. The van der Waals surface area contributed by atoms with Gasteiger partial charge in [-0.15, -0.1) is 0 Å². The number of aromatic hydroxyl groups is 2. The van der Waals surface area contributed by atoms with Gasteiger partial charge in [0.2, 0.25) is 47.3 Å². The van der Waals surface area contributed by atoms with E-state index >= 15 is 0 Å². The number of unbranched alkanes of at least 4 members (excludes halogenated alkanes) is 1. The second-order valence-electron chi connectivity index (χ2n) is 17.2. The van der Waals surface area contributed by atoms with E-state index in [4.69, 9.17) is 22.9 Å². The molecule has 1 fully saturated rings. The van der Waals surface area contributed by atoms with Crippen LogP contribution in [0.2, 0.25) is 0 Å². The van der Waals surface area contributed by atoms with Crippen molar-refractivity contribution in [2.24, 2.45) is 33.3 Å². The lowest BCUT2D eigenvalue weighted by Crippen LogP contribution is -2.61. The Morgan fingerprint density at radius 1 is 0.797 bits per heavy atom. The third-order valence-electron chi connectivity index (χ3n) is 10.6. The Morgan fingerprint density at radius 2 is 1.36 bits per heavy atom. The van der Waals surface area contributed by atoms with Gasteiger partial charge in [-0.1, -0.05) is 20.8 Å². The summed E-state index contributed by atoms with van der Waals surface area (Å²) >= 11 is 0. The van der Waals surface area contributed by atoms with Crippen molar-refractivity contribution >= 4 is 65.2 Å². The second-order valence-corrected chi connectivity index (χ2v) is 17.2. The molecular weight excluding hydrogens is 917 g/mol. The molecule has 1 aliphatic rings. The molecule has 0 bridgehead atoms. The summed E-state index contributed by atoms with van der Waals surface area (Å²) in [5.41, 5.74) is 20.4. The molecule has 69 heavy (non-hydrogen) atoms. The third kappa shape index (κ3) is 17.7. The fourth-order valence-electron chi connectivity index (χ4n) is 7.03. The van der Waals surface area contributed by atoms with Crippen molar-refractivity contribution in [3.63, 3.8) is 0 Å². The fourth-order valence-corrected chi connectivity index (χ4v) is 7.03. The van der Waals surface area contributed by atoms with Gasteiger partial charge in [-0.3, -0.25) is 43.2 Å². The number of rotatable bonds is 26. The predicted octanol–water partition coefficient (Wildman–Crippen LogP) is -5.57. The Labute approximate surface area is 395 Å². The van der Waals surface area contributed by atoms with Crippen molar-refractivity contribution < 1.29 is 78.6 Å². The molecule has 2 rings (SSSR count). The summed E-state index contributed by atoms with van der Waals surface area (Å²) in [6.45, 7) is 4.32. The van der Waals surface area contributed by atoms with Gasteiger partial charge in [-0.05, 0) is 68.7 Å². The molecule has 1 saturated heterocycles. The van der Waals surface area contributed by atoms with Gasteiger partial charge in [0.05, 0.1) is 37.7 Å². The molecule has 1 heterocycles. The number of carboxylic acids is 2. The van der Waals surface area contributed by atoms with E-state index in [1.54, 1.807) is 0 Å². The Balaban J connectivity index is 2.34. The van der Waals surface area contributed by atoms with Crippen LogP contribution in [0.15, 0.2) is 17.1 Å². The number of carboxylic acid groups (broad SMARTS) is 2. The highest BCUT2D eigenvalue weighted by atomic mass is 16.4. The van der Waals surface area contributed by atoms with E-state index in [0.29, 0.717) is 12.8 Å². The van der Waals surface area contributed by atoms with Crippen molar-refractivity contribution in [1.29, 1.82) is 0 Å². The number of amides is 8. The van der Waals surface area contributed by atoms with E-state index < -0.39 is 156 Å². The maximum Gasteiger partial charge on any atom is 0.328 e.